The van der Waals surface area contributed by atoms with Crippen molar-refractivity contribution in [1.29, 1.82) is 0 Å². The second kappa shape index (κ2) is 9.31. The molecule has 0 heterocycles. The highest BCUT2D eigenvalue weighted by atomic mass is 32.2. The number of sulfonamides is 1. The first-order valence-corrected chi connectivity index (χ1v) is 10.4. The van der Waals surface area contributed by atoms with Crippen LogP contribution in [0.1, 0.15) is 32.6 Å². The van der Waals surface area contributed by atoms with Crippen molar-refractivity contribution in [3.8, 4) is 5.75 Å². The predicted octanol–water partition coefficient (Wildman–Crippen LogP) is 3.78. The van der Waals surface area contributed by atoms with E-state index in [0.717, 1.165) is 12.1 Å². The minimum Gasteiger partial charge on any atom is -0.466 e. The highest BCUT2D eigenvalue weighted by Gasteiger charge is 2.33. The van der Waals surface area contributed by atoms with E-state index in [1.165, 1.54) is 16.4 Å². The van der Waals surface area contributed by atoms with Crippen LogP contribution < -0.4 is 9.04 Å². The zero-order valence-electron chi connectivity index (χ0n) is 15.3. The van der Waals surface area contributed by atoms with E-state index in [1.54, 1.807) is 6.92 Å². The lowest BCUT2D eigenvalue weighted by molar-refractivity contribution is -0.274. The molecule has 0 bridgehead atoms. The summed E-state index contributed by atoms with van der Waals surface area (Å²) in [7, 11) is -3.90. The average molecular weight is 421 g/mol. The Kier molecular flexibility index (Phi) is 7.34. The molecule has 2 rings (SSSR count). The predicted molar refractivity (Wildman–Crippen MR) is 97.4 cm³/mol. The molecule has 0 saturated heterocycles. The van der Waals surface area contributed by atoms with Crippen LogP contribution in [-0.4, -0.2) is 39.2 Å². The summed E-state index contributed by atoms with van der Waals surface area (Å²) in [5.74, 6) is -1.51. The van der Waals surface area contributed by atoms with Crippen molar-refractivity contribution in [3.63, 3.8) is 0 Å². The number of nitrogens with zero attached hydrogens (tertiary/aromatic N) is 1. The van der Waals surface area contributed by atoms with Crippen LogP contribution in [-0.2, 0) is 19.6 Å². The summed E-state index contributed by atoms with van der Waals surface area (Å²) in [6.45, 7) is 1.77. The van der Waals surface area contributed by atoms with E-state index < -0.39 is 33.9 Å². The Bertz CT molecular complexity index is 790. The van der Waals surface area contributed by atoms with Gasteiger partial charge < -0.3 is 9.47 Å². The van der Waals surface area contributed by atoms with Crippen LogP contribution in [0.25, 0.3) is 0 Å². The molecule has 1 aromatic carbocycles. The van der Waals surface area contributed by atoms with Gasteiger partial charge in [0.1, 0.15) is 5.75 Å². The number of carbonyl (C=O) groups excluding carboxylic acids is 1. The Hall–Kier alpha value is -2.23. The molecule has 1 unspecified atom stereocenters. The molecule has 1 aromatic rings. The van der Waals surface area contributed by atoms with Crippen molar-refractivity contribution in [3.05, 3.63) is 36.4 Å². The maximum Gasteiger partial charge on any atom is 0.573 e. The van der Waals surface area contributed by atoms with Crippen LogP contribution in [0.3, 0.4) is 0 Å². The van der Waals surface area contributed by atoms with Crippen LogP contribution in [0.2, 0.25) is 0 Å². The average Bonchev–Trinajstić information content (AvgIpc) is 2.62. The fourth-order valence-corrected chi connectivity index (χ4v) is 4.64. The lowest BCUT2D eigenvalue weighted by atomic mass is 10.0. The zero-order valence-corrected chi connectivity index (χ0v) is 16.1. The number of hydrogen-bond donors (Lipinski definition) is 0. The second-order valence-corrected chi connectivity index (χ2v) is 8.11. The van der Waals surface area contributed by atoms with Gasteiger partial charge in [0, 0.05) is 6.04 Å². The molecule has 0 radical (unpaired) electrons. The molecule has 28 heavy (non-hydrogen) atoms. The van der Waals surface area contributed by atoms with Gasteiger partial charge in [0.05, 0.1) is 24.5 Å². The summed E-state index contributed by atoms with van der Waals surface area (Å²) in [5, 5.41) is 0. The number of alkyl halides is 3. The quantitative estimate of drug-likeness (QED) is 0.472. The van der Waals surface area contributed by atoms with E-state index in [0.29, 0.717) is 19.3 Å². The van der Waals surface area contributed by atoms with Gasteiger partial charge in [-0.15, -0.1) is 13.2 Å². The third-order valence-electron chi connectivity index (χ3n) is 4.07. The lowest BCUT2D eigenvalue weighted by Crippen LogP contribution is -2.42. The number of carbonyl (C=O) groups is 1. The molecule has 156 valence electrons. The molecule has 10 heteroatoms. The SMILES string of the molecule is CCOC(=O)CCS(=O)(=O)N(c1ccc(OC(F)(F)F)cc1)C1CC=CCC1. The van der Waals surface area contributed by atoms with Crippen LogP contribution in [0.15, 0.2) is 36.4 Å². The summed E-state index contributed by atoms with van der Waals surface area (Å²) in [4.78, 5) is 11.6. The molecular weight excluding hydrogens is 399 g/mol. The molecule has 0 amide bonds. The first-order chi connectivity index (χ1) is 13.1. The molecule has 1 atom stereocenters. The van der Waals surface area contributed by atoms with Gasteiger partial charge in [-0.1, -0.05) is 12.2 Å². The molecule has 1 aliphatic carbocycles. The molecule has 0 fully saturated rings. The van der Waals surface area contributed by atoms with Crippen LogP contribution >= 0.6 is 0 Å². The first kappa shape index (κ1) is 22.1. The summed E-state index contributed by atoms with van der Waals surface area (Å²) in [5.41, 5.74) is 0.221. The van der Waals surface area contributed by atoms with Crippen molar-refractivity contribution in [2.24, 2.45) is 0 Å². The second-order valence-electron chi connectivity index (χ2n) is 6.15. The Morgan fingerprint density at radius 3 is 2.43 bits per heavy atom. The van der Waals surface area contributed by atoms with E-state index >= 15 is 0 Å². The van der Waals surface area contributed by atoms with E-state index in [-0.39, 0.29) is 24.8 Å². The summed E-state index contributed by atoms with van der Waals surface area (Å²) < 4.78 is 72.7. The molecule has 6 nitrogen and oxygen atoms in total. The minimum atomic E-state index is -4.83. The zero-order chi connectivity index (χ0) is 20.8. The standard InChI is InChI=1S/C18H22F3NO5S/c1-2-26-17(23)12-13-28(24,25)22(14-6-4-3-5-7-14)15-8-10-16(11-9-15)27-18(19,20)21/h3-4,8-11,14H,2,5-7,12-13H2,1H3. The molecule has 0 spiro atoms. The van der Waals surface area contributed by atoms with Crippen molar-refractivity contribution in [2.45, 2.75) is 45.0 Å². The van der Waals surface area contributed by atoms with Crippen LogP contribution in [0, 0.1) is 0 Å². The van der Waals surface area contributed by atoms with Gasteiger partial charge in [0.25, 0.3) is 0 Å². The van der Waals surface area contributed by atoms with Crippen LogP contribution in [0.5, 0.6) is 5.75 Å². The Morgan fingerprint density at radius 2 is 1.89 bits per heavy atom. The molecule has 0 saturated carbocycles. The number of anilines is 1. The van der Waals surface area contributed by atoms with E-state index in [4.69, 9.17) is 4.74 Å². The largest absolute Gasteiger partial charge is 0.573 e. The number of halogens is 3. The van der Waals surface area contributed by atoms with Gasteiger partial charge in [-0.25, -0.2) is 8.42 Å². The van der Waals surface area contributed by atoms with Gasteiger partial charge in [0.15, 0.2) is 0 Å². The third kappa shape index (κ3) is 6.43. The molecule has 0 aromatic heterocycles. The smallest absolute Gasteiger partial charge is 0.466 e. The highest BCUT2D eigenvalue weighted by molar-refractivity contribution is 7.92. The third-order valence-corrected chi connectivity index (χ3v) is 5.90. The Balaban J connectivity index is 2.26. The van der Waals surface area contributed by atoms with E-state index in [1.807, 2.05) is 12.2 Å². The summed E-state index contributed by atoms with van der Waals surface area (Å²) in [6.07, 6.45) is 0.397. The maximum atomic E-state index is 12.9. The normalized spacial score (nSPS) is 17.2. The van der Waals surface area contributed by atoms with Crippen molar-refractivity contribution < 1.29 is 35.9 Å². The van der Waals surface area contributed by atoms with Gasteiger partial charge in [-0.3, -0.25) is 9.10 Å². The summed E-state index contributed by atoms with van der Waals surface area (Å²) >= 11 is 0. The molecule has 0 N–H and O–H groups in total. The number of rotatable bonds is 8. The van der Waals surface area contributed by atoms with Crippen molar-refractivity contribution in [1.82, 2.24) is 0 Å². The van der Waals surface area contributed by atoms with Gasteiger partial charge in [-0.2, -0.15) is 0 Å². The number of allylic oxidation sites excluding steroid dienone is 1. The minimum absolute atomic E-state index is 0.149. The van der Waals surface area contributed by atoms with Gasteiger partial charge in [0.2, 0.25) is 10.0 Å². The number of esters is 1. The number of hydrogen-bond acceptors (Lipinski definition) is 5. The monoisotopic (exact) mass is 421 g/mol. The van der Waals surface area contributed by atoms with Gasteiger partial charge in [-0.05, 0) is 50.5 Å². The van der Waals surface area contributed by atoms with E-state index in [2.05, 4.69) is 4.74 Å². The van der Waals surface area contributed by atoms with Gasteiger partial charge >= 0.3 is 12.3 Å². The van der Waals surface area contributed by atoms with Crippen molar-refractivity contribution in [2.75, 3.05) is 16.7 Å². The topological polar surface area (TPSA) is 72.9 Å². The fourth-order valence-electron chi connectivity index (χ4n) is 2.93. The van der Waals surface area contributed by atoms with E-state index in [9.17, 15) is 26.4 Å². The number of ether oxygens (including phenoxy) is 2. The number of benzene rings is 1. The fraction of sp³-hybridized carbons (Fsp3) is 0.500. The lowest BCUT2D eigenvalue weighted by Gasteiger charge is -2.33. The molecule has 0 aliphatic heterocycles. The Morgan fingerprint density at radius 1 is 1.21 bits per heavy atom. The van der Waals surface area contributed by atoms with Crippen molar-refractivity contribution >= 4 is 21.7 Å². The first-order valence-electron chi connectivity index (χ1n) is 8.81. The highest BCUT2D eigenvalue weighted by Crippen LogP contribution is 2.31. The molecule has 1 aliphatic rings. The van der Waals surface area contributed by atoms with Crippen LogP contribution in [0.4, 0.5) is 18.9 Å². The summed E-state index contributed by atoms with van der Waals surface area (Å²) in [6, 6.07) is 4.28. The molecular formula is C18H22F3NO5S. The Labute approximate surface area is 162 Å². The maximum absolute atomic E-state index is 12.9.